The first-order valence-corrected chi connectivity index (χ1v) is 13.7. The minimum Gasteiger partial charge on any atom is -0.330 e. The maximum Gasteiger partial charge on any atom is 0.00725 e. The molecular weight excluding hydrogens is 352 g/mol. The summed E-state index contributed by atoms with van der Waals surface area (Å²) in [5, 5.41) is 4.16. The van der Waals surface area contributed by atoms with Crippen LogP contribution in [0.4, 0.5) is 0 Å². The Morgan fingerprint density at radius 3 is 1.66 bits per heavy atom. The number of hydrogen-bond acceptors (Lipinski definition) is 2. The lowest BCUT2D eigenvalue weighted by Gasteiger charge is -2.33. The molecule has 0 aromatic carbocycles. The van der Waals surface area contributed by atoms with Crippen molar-refractivity contribution in [3.05, 3.63) is 0 Å². The van der Waals surface area contributed by atoms with Crippen LogP contribution in [-0.4, -0.2) is 19.1 Å². The number of nitrogens with two attached hydrogens (primary N) is 1. The van der Waals surface area contributed by atoms with Gasteiger partial charge in [0.25, 0.3) is 0 Å². The molecule has 0 aromatic heterocycles. The largest absolute Gasteiger partial charge is 0.330 e. The van der Waals surface area contributed by atoms with Crippen molar-refractivity contribution in [2.75, 3.05) is 13.1 Å². The Morgan fingerprint density at radius 2 is 1.21 bits per heavy atom. The second-order valence-electron chi connectivity index (χ2n) is 12.2. The van der Waals surface area contributed by atoms with Crippen molar-refractivity contribution in [1.29, 1.82) is 0 Å². The Kier molecular flexibility index (Phi) is 6.88. The zero-order chi connectivity index (χ0) is 19.6. The Balaban J connectivity index is 1.09. The van der Waals surface area contributed by atoms with Gasteiger partial charge < -0.3 is 11.1 Å². The molecule has 2 nitrogen and oxygen atoms in total. The lowest BCUT2D eigenvalue weighted by atomic mass is 9.78. The summed E-state index contributed by atoms with van der Waals surface area (Å²) >= 11 is 0. The Hall–Kier alpha value is -0.0800. The van der Waals surface area contributed by atoms with E-state index in [0.717, 1.165) is 59.9 Å². The predicted molar refractivity (Wildman–Crippen MR) is 123 cm³/mol. The van der Waals surface area contributed by atoms with Crippen LogP contribution in [0.5, 0.6) is 0 Å². The second-order valence-corrected chi connectivity index (χ2v) is 12.2. The van der Waals surface area contributed by atoms with Crippen molar-refractivity contribution < 1.29 is 0 Å². The normalized spacial score (nSPS) is 44.6. The fourth-order valence-corrected chi connectivity index (χ4v) is 8.86. The smallest absolute Gasteiger partial charge is 0.00725 e. The van der Waals surface area contributed by atoms with Crippen LogP contribution in [0.15, 0.2) is 0 Å². The summed E-state index contributed by atoms with van der Waals surface area (Å²) in [6.07, 6.45) is 24.1. The van der Waals surface area contributed by atoms with E-state index in [1.807, 2.05) is 0 Å². The molecule has 2 heteroatoms. The molecule has 5 fully saturated rings. The molecule has 0 heterocycles. The van der Waals surface area contributed by atoms with E-state index in [1.54, 1.807) is 51.4 Å². The Morgan fingerprint density at radius 1 is 0.655 bits per heavy atom. The first-order valence-electron chi connectivity index (χ1n) is 13.7. The van der Waals surface area contributed by atoms with Gasteiger partial charge in [0.15, 0.2) is 0 Å². The summed E-state index contributed by atoms with van der Waals surface area (Å²) in [4.78, 5) is 0. The number of fused-ring (bicyclic) bond motifs is 4. The number of hydrogen-bond donors (Lipinski definition) is 2. The van der Waals surface area contributed by atoms with E-state index >= 15 is 0 Å². The maximum atomic E-state index is 5.78. The highest BCUT2D eigenvalue weighted by atomic mass is 14.9. The van der Waals surface area contributed by atoms with E-state index in [2.05, 4.69) is 5.32 Å². The van der Waals surface area contributed by atoms with Crippen molar-refractivity contribution in [3.8, 4) is 0 Å². The molecule has 6 unspecified atom stereocenters. The first kappa shape index (κ1) is 20.8. The van der Waals surface area contributed by atoms with Gasteiger partial charge in [0.2, 0.25) is 0 Å². The molecule has 3 N–H and O–H groups in total. The molecule has 0 amide bonds. The molecule has 166 valence electrons. The van der Waals surface area contributed by atoms with Gasteiger partial charge in [0.1, 0.15) is 0 Å². The quantitative estimate of drug-likeness (QED) is 0.462. The topological polar surface area (TPSA) is 38.0 Å². The van der Waals surface area contributed by atoms with Crippen molar-refractivity contribution in [1.82, 2.24) is 5.32 Å². The van der Waals surface area contributed by atoms with Gasteiger partial charge in [-0.15, -0.1) is 0 Å². The van der Waals surface area contributed by atoms with Gasteiger partial charge >= 0.3 is 0 Å². The molecule has 0 spiro atoms. The van der Waals surface area contributed by atoms with Crippen molar-refractivity contribution in [2.45, 2.75) is 109 Å². The molecule has 0 aliphatic heterocycles. The van der Waals surface area contributed by atoms with E-state index in [-0.39, 0.29) is 0 Å². The standard InChI is InChI=1S/C27H48N2/c28-11-9-19-1-3-20(4-2-19)10-12-29-27(17-25-15-21-5-7-23(25)13-21)18-26-16-22-6-8-24(26)14-22/h19-27,29H,1-18,28H2. The molecule has 0 aromatic rings. The van der Waals surface area contributed by atoms with Crippen LogP contribution < -0.4 is 11.1 Å². The molecular formula is C27H48N2. The summed E-state index contributed by atoms with van der Waals surface area (Å²) in [6.45, 7) is 2.18. The van der Waals surface area contributed by atoms with Crippen LogP contribution >= 0.6 is 0 Å². The monoisotopic (exact) mass is 400 g/mol. The molecule has 29 heavy (non-hydrogen) atoms. The third-order valence-electron chi connectivity index (χ3n) is 10.5. The second kappa shape index (κ2) is 9.60. The van der Waals surface area contributed by atoms with Gasteiger partial charge in [0, 0.05) is 6.04 Å². The van der Waals surface area contributed by atoms with Crippen molar-refractivity contribution in [3.63, 3.8) is 0 Å². The van der Waals surface area contributed by atoms with E-state index in [1.165, 1.54) is 57.9 Å². The average molecular weight is 401 g/mol. The summed E-state index contributed by atoms with van der Waals surface area (Å²) in [5.74, 6) is 8.47. The Labute approximate surface area is 180 Å². The van der Waals surface area contributed by atoms with Crippen LogP contribution in [0.1, 0.15) is 103 Å². The highest BCUT2D eigenvalue weighted by Gasteiger charge is 2.43. The summed E-state index contributed by atoms with van der Waals surface area (Å²) in [5.41, 5.74) is 5.78. The SMILES string of the molecule is NCCC1CCC(CCNC(CC2CC3CCC2C3)CC2CC3CCC2C3)CC1. The van der Waals surface area contributed by atoms with Crippen molar-refractivity contribution in [2.24, 2.45) is 53.1 Å². The molecule has 4 bridgehead atoms. The zero-order valence-electron chi connectivity index (χ0n) is 19.0. The van der Waals surface area contributed by atoms with E-state index in [4.69, 9.17) is 5.73 Å². The fraction of sp³-hybridized carbons (Fsp3) is 1.00. The first-order chi connectivity index (χ1) is 14.3. The molecule has 0 saturated heterocycles. The molecule has 5 rings (SSSR count). The van der Waals surface area contributed by atoms with Crippen LogP contribution in [0.3, 0.4) is 0 Å². The maximum absolute atomic E-state index is 5.78. The summed E-state index contributed by atoms with van der Waals surface area (Å²) in [6, 6.07) is 0.831. The molecule has 0 radical (unpaired) electrons. The van der Waals surface area contributed by atoms with E-state index in [0.29, 0.717) is 0 Å². The Bertz CT molecular complexity index is 481. The van der Waals surface area contributed by atoms with Gasteiger partial charge in [-0.25, -0.2) is 0 Å². The molecule has 5 aliphatic rings. The van der Waals surface area contributed by atoms with Gasteiger partial charge in [-0.2, -0.15) is 0 Å². The minimum atomic E-state index is 0.831. The average Bonchev–Trinajstić information content (AvgIpc) is 3.51. The summed E-state index contributed by atoms with van der Waals surface area (Å²) < 4.78 is 0. The molecule has 5 aliphatic carbocycles. The van der Waals surface area contributed by atoms with Gasteiger partial charge in [0.05, 0.1) is 0 Å². The lowest BCUT2D eigenvalue weighted by molar-refractivity contribution is 0.216. The third kappa shape index (κ3) is 5.05. The molecule has 5 saturated carbocycles. The summed E-state index contributed by atoms with van der Waals surface area (Å²) in [7, 11) is 0. The lowest BCUT2D eigenvalue weighted by Crippen LogP contribution is -2.36. The van der Waals surface area contributed by atoms with Gasteiger partial charge in [-0.3, -0.25) is 0 Å². The van der Waals surface area contributed by atoms with Crippen molar-refractivity contribution >= 4 is 0 Å². The molecule has 6 atom stereocenters. The highest BCUT2D eigenvalue weighted by Crippen LogP contribution is 2.52. The minimum absolute atomic E-state index is 0.831. The van der Waals surface area contributed by atoms with Gasteiger partial charge in [-0.05, 0) is 125 Å². The number of nitrogens with one attached hydrogen (secondary N) is 1. The van der Waals surface area contributed by atoms with Crippen LogP contribution in [0, 0.1) is 47.3 Å². The number of rotatable bonds is 10. The fourth-order valence-electron chi connectivity index (χ4n) is 8.86. The zero-order valence-corrected chi connectivity index (χ0v) is 19.0. The van der Waals surface area contributed by atoms with E-state index < -0.39 is 0 Å². The third-order valence-corrected chi connectivity index (χ3v) is 10.5. The predicted octanol–water partition coefficient (Wildman–Crippen LogP) is 6.14. The van der Waals surface area contributed by atoms with Crippen LogP contribution in [0.2, 0.25) is 0 Å². The highest BCUT2D eigenvalue weighted by molar-refractivity contribution is 4.95. The van der Waals surface area contributed by atoms with Crippen LogP contribution in [0.25, 0.3) is 0 Å². The van der Waals surface area contributed by atoms with E-state index in [9.17, 15) is 0 Å². The van der Waals surface area contributed by atoms with Gasteiger partial charge in [-0.1, -0.05) is 38.5 Å². The van der Waals surface area contributed by atoms with Crippen LogP contribution in [-0.2, 0) is 0 Å².